The number of nitrogens with one attached hydrogen (secondary N) is 1. The zero-order chi connectivity index (χ0) is 14.1. The summed E-state index contributed by atoms with van der Waals surface area (Å²) in [5.74, 6) is 0.900. The number of benzene rings is 2. The van der Waals surface area contributed by atoms with E-state index in [2.05, 4.69) is 51.9 Å². The van der Waals surface area contributed by atoms with Crippen LogP contribution in [-0.2, 0) is 12.8 Å². The van der Waals surface area contributed by atoms with Crippen LogP contribution in [0.4, 0.5) is 5.82 Å². The minimum Gasteiger partial charge on any atom is -0.365 e. The van der Waals surface area contributed by atoms with Gasteiger partial charge in [-0.25, -0.2) is 0 Å². The molecule has 1 atom stereocenters. The lowest BCUT2D eigenvalue weighted by atomic mass is 9.88. The standard InChI is InChI=1S/C18H17N3/c1-2-6-14-11-16(10-9-13(14)5-1)20-18-17-8-4-3-7-15(17)12-19-21-18/h1-8,12,16H,9-11H2,(H,20,21). The highest BCUT2D eigenvalue weighted by atomic mass is 15.2. The van der Waals surface area contributed by atoms with Crippen LogP contribution in [0.3, 0.4) is 0 Å². The third-order valence-corrected chi connectivity index (χ3v) is 4.26. The van der Waals surface area contributed by atoms with Crippen molar-refractivity contribution in [1.82, 2.24) is 10.2 Å². The zero-order valence-electron chi connectivity index (χ0n) is 11.8. The predicted octanol–water partition coefficient (Wildman–Crippen LogP) is 3.60. The van der Waals surface area contributed by atoms with Gasteiger partial charge in [-0.3, -0.25) is 0 Å². The molecule has 3 heteroatoms. The first-order chi connectivity index (χ1) is 10.4. The van der Waals surface area contributed by atoms with Crippen LogP contribution in [0.1, 0.15) is 17.5 Å². The lowest BCUT2D eigenvalue weighted by molar-refractivity contribution is 0.608. The highest BCUT2D eigenvalue weighted by Crippen LogP contribution is 2.25. The molecule has 4 rings (SSSR count). The molecular weight excluding hydrogens is 258 g/mol. The van der Waals surface area contributed by atoms with Crippen molar-refractivity contribution in [1.29, 1.82) is 0 Å². The van der Waals surface area contributed by atoms with E-state index in [1.807, 2.05) is 18.3 Å². The Bertz CT molecular complexity index is 777. The maximum atomic E-state index is 4.30. The Kier molecular flexibility index (Phi) is 3.03. The molecule has 0 aliphatic heterocycles. The molecule has 1 unspecified atom stereocenters. The third kappa shape index (κ3) is 2.35. The van der Waals surface area contributed by atoms with Crippen LogP contribution < -0.4 is 5.32 Å². The summed E-state index contributed by atoms with van der Waals surface area (Å²) >= 11 is 0. The van der Waals surface area contributed by atoms with Crippen LogP contribution in [0.2, 0.25) is 0 Å². The van der Waals surface area contributed by atoms with Gasteiger partial charge in [0.25, 0.3) is 0 Å². The van der Waals surface area contributed by atoms with Crippen LogP contribution in [0.15, 0.2) is 54.7 Å². The van der Waals surface area contributed by atoms with Crippen molar-refractivity contribution in [3.63, 3.8) is 0 Å². The molecule has 0 amide bonds. The van der Waals surface area contributed by atoms with E-state index in [4.69, 9.17) is 0 Å². The summed E-state index contributed by atoms with van der Waals surface area (Å²) in [6, 6.07) is 17.4. The monoisotopic (exact) mass is 275 g/mol. The molecule has 1 aliphatic rings. The Morgan fingerprint density at radius 2 is 1.76 bits per heavy atom. The largest absolute Gasteiger partial charge is 0.365 e. The third-order valence-electron chi connectivity index (χ3n) is 4.26. The maximum absolute atomic E-state index is 4.30. The first-order valence-corrected chi connectivity index (χ1v) is 7.44. The number of aryl methyl sites for hydroxylation is 1. The number of hydrogen-bond acceptors (Lipinski definition) is 3. The summed E-state index contributed by atoms with van der Waals surface area (Å²) in [7, 11) is 0. The van der Waals surface area contributed by atoms with E-state index in [-0.39, 0.29) is 0 Å². The molecule has 0 spiro atoms. The van der Waals surface area contributed by atoms with E-state index in [9.17, 15) is 0 Å². The summed E-state index contributed by atoms with van der Waals surface area (Å²) in [5, 5.41) is 14.3. The molecule has 1 aromatic heterocycles. The Hall–Kier alpha value is -2.42. The fourth-order valence-corrected chi connectivity index (χ4v) is 3.15. The number of fused-ring (bicyclic) bond motifs is 2. The number of rotatable bonds is 2. The van der Waals surface area contributed by atoms with Gasteiger partial charge in [-0.05, 0) is 30.4 Å². The normalized spacial score (nSPS) is 17.4. The van der Waals surface area contributed by atoms with Gasteiger partial charge in [0, 0.05) is 16.8 Å². The SMILES string of the molecule is c1ccc2c(c1)CCC(Nc1nncc3ccccc13)C2. The van der Waals surface area contributed by atoms with E-state index in [0.29, 0.717) is 6.04 Å². The van der Waals surface area contributed by atoms with Gasteiger partial charge in [0.1, 0.15) is 0 Å². The average Bonchev–Trinajstić information content (AvgIpc) is 2.55. The minimum absolute atomic E-state index is 0.431. The van der Waals surface area contributed by atoms with Crippen LogP contribution in [-0.4, -0.2) is 16.2 Å². The number of hydrogen-bond donors (Lipinski definition) is 1. The van der Waals surface area contributed by atoms with Crippen molar-refractivity contribution in [3.8, 4) is 0 Å². The van der Waals surface area contributed by atoms with Crippen LogP contribution in [0.25, 0.3) is 10.8 Å². The Balaban J connectivity index is 1.62. The molecule has 0 saturated heterocycles. The molecule has 0 saturated carbocycles. The molecule has 3 nitrogen and oxygen atoms in total. The molecule has 3 aromatic rings. The number of nitrogens with zero attached hydrogens (tertiary/aromatic N) is 2. The minimum atomic E-state index is 0.431. The molecule has 0 fully saturated rings. The topological polar surface area (TPSA) is 37.8 Å². The summed E-state index contributed by atoms with van der Waals surface area (Å²) in [4.78, 5) is 0. The Morgan fingerprint density at radius 1 is 0.952 bits per heavy atom. The second kappa shape index (κ2) is 5.17. The van der Waals surface area contributed by atoms with Crippen molar-refractivity contribution in [2.75, 3.05) is 5.32 Å². The fraction of sp³-hybridized carbons (Fsp3) is 0.222. The molecule has 1 heterocycles. The average molecular weight is 275 g/mol. The summed E-state index contributed by atoms with van der Waals surface area (Å²) < 4.78 is 0. The zero-order valence-corrected chi connectivity index (χ0v) is 11.8. The Labute approximate surface area is 124 Å². The van der Waals surface area contributed by atoms with E-state index in [1.54, 1.807) is 0 Å². The molecule has 0 radical (unpaired) electrons. The highest BCUT2D eigenvalue weighted by molar-refractivity contribution is 5.90. The van der Waals surface area contributed by atoms with Crippen LogP contribution >= 0.6 is 0 Å². The molecule has 21 heavy (non-hydrogen) atoms. The van der Waals surface area contributed by atoms with Gasteiger partial charge in [0.2, 0.25) is 0 Å². The van der Waals surface area contributed by atoms with Gasteiger partial charge >= 0.3 is 0 Å². The molecular formula is C18H17N3. The van der Waals surface area contributed by atoms with Gasteiger partial charge < -0.3 is 5.32 Å². The van der Waals surface area contributed by atoms with E-state index >= 15 is 0 Å². The van der Waals surface area contributed by atoms with E-state index in [0.717, 1.165) is 35.9 Å². The molecule has 2 aromatic carbocycles. The Morgan fingerprint density at radius 3 is 2.71 bits per heavy atom. The first kappa shape index (κ1) is 12.3. The van der Waals surface area contributed by atoms with E-state index in [1.165, 1.54) is 11.1 Å². The number of aromatic nitrogens is 2. The number of anilines is 1. The highest BCUT2D eigenvalue weighted by Gasteiger charge is 2.19. The molecule has 104 valence electrons. The van der Waals surface area contributed by atoms with Crippen molar-refractivity contribution in [2.45, 2.75) is 25.3 Å². The van der Waals surface area contributed by atoms with Gasteiger partial charge in [0.15, 0.2) is 5.82 Å². The van der Waals surface area contributed by atoms with Gasteiger partial charge in [0.05, 0.1) is 6.20 Å². The van der Waals surface area contributed by atoms with Crippen LogP contribution in [0.5, 0.6) is 0 Å². The smallest absolute Gasteiger partial charge is 0.156 e. The van der Waals surface area contributed by atoms with Crippen molar-refractivity contribution in [3.05, 3.63) is 65.9 Å². The van der Waals surface area contributed by atoms with Crippen LogP contribution in [0, 0.1) is 0 Å². The van der Waals surface area contributed by atoms with Crippen molar-refractivity contribution in [2.24, 2.45) is 0 Å². The first-order valence-electron chi connectivity index (χ1n) is 7.44. The maximum Gasteiger partial charge on any atom is 0.156 e. The quantitative estimate of drug-likeness (QED) is 0.776. The summed E-state index contributed by atoms with van der Waals surface area (Å²) in [5.41, 5.74) is 2.94. The fourth-order valence-electron chi connectivity index (χ4n) is 3.15. The second-order valence-corrected chi connectivity index (χ2v) is 5.63. The second-order valence-electron chi connectivity index (χ2n) is 5.63. The van der Waals surface area contributed by atoms with Gasteiger partial charge in [-0.2, -0.15) is 5.10 Å². The van der Waals surface area contributed by atoms with Crippen molar-refractivity contribution >= 4 is 16.6 Å². The lowest BCUT2D eigenvalue weighted by Crippen LogP contribution is -2.27. The van der Waals surface area contributed by atoms with E-state index < -0.39 is 0 Å². The summed E-state index contributed by atoms with van der Waals surface area (Å²) in [6.45, 7) is 0. The van der Waals surface area contributed by atoms with Crippen molar-refractivity contribution < 1.29 is 0 Å². The molecule has 1 aliphatic carbocycles. The lowest BCUT2D eigenvalue weighted by Gasteiger charge is -2.26. The summed E-state index contributed by atoms with van der Waals surface area (Å²) in [6.07, 6.45) is 5.14. The van der Waals surface area contributed by atoms with Gasteiger partial charge in [-0.15, -0.1) is 5.10 Å². The molecule has 1 N–H and O–H groups in total. The van der Waals surface area contributed by atoms with Gasteiger partial charge in [-0.1, -0.05) is 48.5 Å². The predicted molar refractivity (Wildman–Crippen MR) is 85.4 cm³/mol. The molecule has 0 bridgehead atoms.